The second-order valence-electron chi connectivity index (χ2n) is 5.56. The summed E-state index contributed by atoms with van der Waals surface area (Å²) < 4.78 is 8.36. The van der Waals surface area contributed by atoms with Gasteiger partial charge in [0, 0.05) is 12.4 Å². The third-order valence-electron chi connectivity index (χ3n) is 4.02. The van der Waals surface area contributed by atoms with E-state index in [1.807, 2.05) is 43.8 Å². The lowest BCUT2D eigenvalue weighted by molar-refractivity contribution is 0.0985. The van der Waals surface area contributed by atoms with Crippen LogP contribution in [-0.4, -0.2) is 15.7 Å². The highest BCUT2D eigenvalue weighted by molar-refractivity contribution is 5.54. The van der Waals surface area contributed by atoms with E-state index in [-0.39, 0.29) is 6.10 Å². The highest BCUT2D eigenvalue weighted by Gasteiger charge is 2.28. The van der Waals surface area contributed by atoms with E-state index >= 15 is 0 Å². The van der Waals surface area contributed by atoms with E-state index in [2.05, 4.69) is 9.55 Å². The van der Waals surface area contributed by atoms with Gasteiger partial charge in [-0.25, -0.2) is 4.98 Å². The highest BCUT2D eigenvalue weighted by atomic mass is 16.5. The SMILES string of the molecule is Cc1ccc(OC2CCCCC2n2ccnc2)c(N)c1. The second kappa shape index (κ2) is 5.57. The monoisotopic (exact) mass is 271 g/mol. The van der Waals surface area contributed by atoms with E-state index in [9.17, 15) is 0 Å². The van der Waals surface area contributed by atoms with Crippen molar-refractivity contribution in [3.05, 3.63) is 42.5 Å². The Kier molecular flexibility index (Phi) is 3.63. The smallest absolute Gasteiger partial charge is 0.142 e. The fraction of sp³-hybridized carbons (Fsp3) is 0.438. The number of anilines is 1. The van der Waals surface area contributed by atoms with Crippen molar-refractivity contribution in [2.75, 3.05) is 5.73 Å². The van der Waals surface area contributed by atoms with Gasteiger partial charge < -0.3 is 15.0 Å². The number of aromatic nitrogens is 2. The summed E-state index contributed by atoms with van der Waals surface area (Å²) in [5, 5.41) is 0. The zero-order valence-corrected chi connectivity index (χ0v) is 11.8. The van der Waals surface area contributed by atoms with Crippen LogP contribution in [0.4, 0.5) is 5.69 Å². The Balaban J connectivity index is 1.80. The van der Waals surface area contributed by atoms with Gasteiger partial charge in [0.15, 0.2) is 0 Å². The number of rotatable bonds is 3. The summed E-state index contributed by atoms with van der Waals surface area (Å²) in [6.07, 6.45) is 10.5. The minimum absolute atomic E-state index is 0.169. The molecular formula is C16H21N3O. The molecule has 1 heterocycles. The Morgan fingerprint density at radius 3 is 2.90 bits per heavy atom. The molecule has 0 saturated heterocycles. The van der Waals surface area contributed by atoms with Gasteiger partial charge in [-0.3, -0.25) is 0 Å². The number of aryl methyl sites for hydroxylation is 1. The number of imidazole rings is 1. The topological polar surface area (TPSA) is 53.1 Å². The molecule has 1 aliphatic rings. The maximum Gasteiger partial charge on any atom is 0.142 e. The van der Waals surface area contributed by atoms with Crippen LogP contribution in [0.1, 0.15) is 37.3 Å². The van der Waals surface area contributed by atoms with Gasteiger partial charge in [-0.05, 0) is 43.9 Å². The third kappa shape index (κ3) is 2.64. The molecule has 3 rings (SSSR count). The lowest BCUT2D eigenvalue weighted by atomic mass is 9.92. The van der Waals surface area contributed by atoms with Crippen LogP contribution in [0.15, 0.2) is 36.9 Å². The van der Waals surface area contributed by atoms with Gasteiger partial charge in [-0.15, -0.1) is 0 Å². The Morgan fingerprint density at radius 1 is 1.30 bits per heavy atom. The second-order valence-corrected chi connectivity index (χ2v) is 5.56. The predicted octanol–water partition coefficient (Wildman–Crippen LogP) is 3.34. The molecule has 106 valence electrons. The first-order chi connectivity index (χ1) is 9.74. The predicted molar refractivity (Wildman–Crippen MR) is 79.7 cm³/mol. The van der Waals surface area contributed by atoms with Crippen molar-refractivity contribution in [1.29, 1.82) is 0 Å². The normalized spacial score (nSPS) is 22.6. The first kappa shape index (κ1) is 13.0. The third-order valence-corrected chi connectivity index (χ3v) is 4.02. The number of hydrogen-bond donors (Lipinski definition) is 1. The molecule has 1 aromatic carbocycles. The van der Waals surface area contributed by atoms with Crippen molar-refractivity contribution < 1.29 is 4.74 Å². The van der Waals surface area contributed by atoms with Crippen molar-refractivity contribution in [3.8, 4) is 5.75 Å². The molecule has 2 N–H and O–H groups in total. The van der Waals surface area contributed by atoms with Crippen molar-refractivity contribution in [3.63, 3.8) is 0 Å². The average Bonchev–Trinajstić information content (AvgIpc) is 2.96. The minimum atomic E-state index is 0.169. The summed E-state index contributed by atoms with van der Waals surface area (Å²) in [7, 11) is 0. The van der Waals surface area contributed by atoms with E-state index in [0.29, 0.717) is 6.04 Å². The molecule has 1 fully saturated rings. The van der Waals surface area contributed by atoms with E-state index < -0.39 is 0 Å². The summed E-state index contributed by atoms with van der Waals surface area (Å²) in [5.41, 5.74) is 7.94. The van der Waals surface area contributed by atoms with E-state index in [4.69, 9.17) is 10.5 Å². The Bertz CT molecular complexity index is 565. The Labute approximate surface area is 119 Å². The quantitative estimate of drug-likeness (QED) is 0.871. The lowest BCUT2D eigenvalue weighted by Crippen LogP contribution is -2.32. The molecule has 2 aromatic rings. The average molecular weight is 271 g/mol. The molecule has 2 unspecified atom stereocenters. The van der Waals surface area contributed by atoms with Gasteiger partial charge in [0.1, 0.15) is 11.9 Å². The highest BCUT2D eigenvalue weighted by Crippen LogP contribution is 2.33. The molecule has 0 spiro atoms. The molecule has 4 nitrogen and oxygen atoms in total. The number of nitrogen functional groups attached to an aromatic ring is 1. The maximum absolute atomic E-state index is 6.20. The van der Waals surface area contributed by atoms with E-state index in [1.165, 1.54) is 12.8 Å². The molecule has 0 amide bonds. The molecule has 2 atom stereocenters. The van der Waals surface area contributed by atoms with Gasteiger partial charge in [-0.2, -0.15) is 0 Å². The molecule has 0 radical (unpaired) electrons. The molecular weight excluding hydrogens is 250 g/mol. The standard InChI is InChI=1S/C16H21N3O/c1-12-6-7-15(13(17)10-12)20-16-5-3-2-4-14(16)19-9-8-18-11-19/h6-11,14,16H,2-5,17H2,1H3. The minimum Gasteiger partial charge on any atom is -0.486 e. The van der Waals surface area contributed by atoms with Gasteiger partial charge in [0.05, 0.1) is 18.1 Å². The number of hydrogen-bond acceptors (Lipinski definition) is 3. The van der Waals surface area contributed by atoms with Crippen LogP contribution in [0.25, 0.3) is 0 Å². The zero-order valence-electron chi connectivity index (χ0n) is 11.8. The van der Waals surface area contributed by atoms with Crippen LogP contribution >= 0.6 is 0 Å². The van der Waals surface area contributed by atoms with Gasteiger partial charge in [-0.1, -0.05) is 12.5 Å². The van der Waals surface area contributed by atoms with E-state index in [0.717, 1.165) is 29.8 Å². The summed E-state index contributed by atoms with van der Waals surface area (Å²) in [5.74, 6) is 0.799. The molecule has 20 heavy (non-hydrogen) atoms. The first-order valence-electron chi connectivity index (χ1n) is 7.24. The zero-order chi connectivity index (χ0) is 13.9. The molecule has 1 saturated carbocycles. The number of nitrogens with two attached hydrogens (primary N) is 1. The fourth-order valence-corrected chi connectivity index (χ4v) is 2.96. The van der Waals surface area contributed by atoms with Crippen molar-refractivity contribution in [2.45, 2.75) is 44.8 Å². The van der Waals surface area contributed by atoms with Gasteiger partial charge in [0.25, 0.3) is 0 Å². The van der Waals surface area contributed by atoms with Gasteiger partial charge >= 0.3 is 0 Å². The number of nitrogens with zero attached hydrogens (tertiary/aromatic N) is 2. The van der Waals surface area contributed by atoms with Crippen LogP contribution in [0, 0.1) is 6.92 Å². The van der Waals surface area contributed by atoms with Crippen LogP contribution < -0.4 is 10.5 Å². The van der Waals surface area contributed by atoms with Crippen LogP contribution in [0.3, 0.4) is 0 Å². The molecule has 0 aliphatic heterocycles. The van der Waals surface area contributed by atoms with Crippen LogP contribution in [0.5, 0.6) is 5.75 Å². The fourth-order valence-electron chi connectivity index (χ4n) is 2.96. The van der Waals surface area contributed by atoms with Crippen molar-refractivity contribution in [1.82, 2.24) is 9.55 Å². The summed E-state index contributed by atoms with van der Waals surface area (Å²) in [6, 6.07) is 6.34. The summed E-state index contributed by atoms with van der Waals surface area (Å²) in [4.78, 5) is 4.15. The number of benzene rings is 1. The Morgan fingerprint density at radius 2 is 2.15 bits per heavy atom. The summed E-state index contributed by atoms with van der Waals surface area (Å²) >= 11 is 0. The largest absolute Gasteiger partial charge is 0.486 e. The van der Waals surface area contributed by atoms with E-state index in [1.54, 1.807) is 0 Å². The lowest BCUT2D eigenvalue weighted by Gasteiger charge is -2.33. The van der Waals surface area contributed by atoms with Gasteiger partial charge in [0.2, 0.25) is 0 Å². The molecule has 4 heteroatoms. The van der Waals surface area contributed by atoms with Crippen molar-refractivity contribution in [2.24, 2.45) is 0 Å². The molecule has 1 aliphatic carbocycles. The first-order valence-corrected chi connectivity index (χ1v) is 7.24. The molecule has 1 aromatic heterocycles. The van der Waals surface area contributed by atoms with Crippen molar-refractivity contribution >= 4 is 5.69 Å². The summed E-state index contributed by atoms with van der Waals surface area (Å²) in [6.45, 7) is 2.04. The van der Waals surface area contributed by atoms with Crippen LogP contribution in [0.2, 0.25) is 0 Å². The number of ether oxygens (including phenoxy) is 1. The Hall–Kier alpha value is -1.97. The molecule has 0 bridgehead atoms. The van der Waals surface area contributed by atoms with Crippen LogP contribution in [-0.2, 0) is 0 Å². The maximum atomic E-state index is 6.20.